The summed E-state index contributed by atoms with van der Waals surface area (Å²) in [6.45, 7) is -0.349. The number of nitrogens with two attached hydrogens (primary N) is 1. The number of aromatic nitrogens is 1. The molecule has 2 aromatic rings. The highest BCUT2D eigenvalue weighted by molar-refractivity contribution is 7.92. The highest BCUT2D eigenvalue weighted by Gasteiger charge is 2.17. The van der Waals surface area contributed by atoms with Crippen LogP contribution in [0, 0.1) is 0 Å². The largest absolute Gasteiger partial charge is 0.482 e. The summed E-state index contributed by atoms with van der Waals surface area (Å²) in [6.07, 6.45) is 1.46. The molecular formula is C13H12ClN3O4S. The number of pyridine rings is 1. The summed E-state index contributed by atoms with van der Waals surface area (Å²) in [5, 5.41) is 0.0464. The van der Waals surface area contributed by atoms with Gasteiger partial charge >= 0.3 is 0 Å². The fourth-order valence-electron chi connectivity index (χ4n) is 1.53. The van der Waals surface area contributed by atoms with Gasteiger partial charge in [0, 0.05) is 6.20 Å². The molecular weight excluding hydrogens is 330 g/mol. The van der Waals surface area contributed by atoms with E-state index in [0.29, 0.717) is 0 Å². The lowest BCUT2D eigenvalue weighted by molar-refractivity contribution is -0.119. The van der Waals surface area contributed by atoms with Gasteiger partial charge in [0.2, 0.25) is 0 Å². The zero-order valence-corrected chi connectivity index (χ0v) is 12.8. The van der Waals surface area contributed by atoms with Crippen molar-refractivity contribution in [3.05, 3.63) is 47.6 Å². The van der Waals surface area contributed by atoms with Crippen molar-refractivity contribution >= 4 is 33.3 Å². The monoisotopic (exact) mass is 341 g/mol. The number of amides is 1. The van der Waals surface area contributed by atoms with Crippen molar-refractivity contribution in [3.63, 3.8) is 0 Å². The number of anilines is 1. The van der Waals surface area contributed by atoms with Crippen LogP contribution in [-0.2, 0) is 14.8 Å². The quantitative estimate of drug-likeness (QED) is 0.824. The number of nitrogens with one attached hydrogen (secondary N) is 1. The van der Waals surface area contributed by atoms with E-state index in [1.807, 2.05) is 0 Å². The molecule has 0 atom stereocenters. The first-order valence-electron chi connectivity index (χ1n) is 6.03. The average molecular weight is 342 g/mol. The molecule has 0 radical (unpaired) electrons. The average Bonchev–Trinajstić information content (AvgIpc) is 2.46. The van der Waals surface area contributed by atoms with Gasteiger partial charge in [0.1, 0.15) is 11.6 Å². The zero-order valence-electron chi connectivity index (χ0n) is 11.2. The molecule has 1 aromatic heterocycles. The Hall–Kier alpha value is -2.32. The molecule has 0 aliphatic heterocycles. The number of sulfonamides is 1. The maximum Gasteiger partial charge on any atom is 0.263 e. The van der Waals surface area contributed by atoms with Gasteiger partial charge < -0.3 is 10.5 Å². The van der Waals surface area contributed by atoms with Gasteiger partial charge in [0.15, 0.2) is 6.61 Å². The molecule has 0 unspecified atom stereocenters. The molecule has 116 valence electrons. The number of rotatable bonds is 6. The number of halogens is 1. The smallest absolute Gasteiger partial charge is 0.263 e. The Morgan fingerprint density at radius 2 is 2.09 bits per heavy atom. The van der Waals surface area contributed by atoms with Crippen LogP contribution < -0.4 is 15.2 Å². The van der Waals surface area contributed by atoms with Gasteiger partial charge in [-0.3, -0.25) is 9.52 Å². The van der Waals surface area contributed by atoms with E-state index in [-0.39, 0.29) is 28.1 Å². The van der Waals surface area contributed by atoms with Crippen molar-refractivity contribution < 1.29 is 17.9 Å². The number of hydrogen-bond acceptors (Lipinski definition) is 5. The Bertz CT molecular complexity index is 781. The molecule has 1 amide bonds. The minimum atomic E-state index is -3.83. The van der Waals surface area contributed by atoms with Crippen molar-refractivity contribution in [2.75, 3.05) is 11.3 Å². The van der Waals surface area contributed by atoms with Crippen molar-refractivity contribution in [1.29, 1.82) is 0 Å². The summed E-state index contributed by atoms with van der Waals surface area (Å²) in [5.74, 6) is -0.311. The lowest BCUT2D eigenvalue weighted by Gasteiger charge is -2.10. The van der Waals surface area contributed by atoms with E-state index < -0.39 is 15.9 Å². The summed E-state index contributed by atoms with van der Waals surface area (Å²) in [7, 11) is -3.83. The van der Waals surface area contributed by atoms with Gasteiger partial charge in [0.05, 0.1) is 9.92 Å². The summed E-state index contributed by atoms with van der Waals surface area (Å²) in [6, 6.07) is 8.69. The Kier molecular flexibility index (Phi) is 4.84. The number of ether oxygens (including phenoxy) is 1. The molecule has 2 rings (SSSR count). The number of hydrogen-bond donors (Lipinski definition) is 2. The van der Waals surface area contributed by atoms with Crippen LogP contribution >= 0.6 is 11.6 Å². The van der Waals surface area contributed by atoms with Crippen LogP contribution in [0.15, 0.2) is 47.5 Å². The predicted molar refractivity (Wildman–Crippen MR) is 81.2 cm³/mol. The normalized spacial score (nSPS) is 11.0. The molecule has 0 saturated carbocycles. The van der Waals surface area contributed by atoms with E-state index in [2.05, 4.69) is 9.71 Å². The molecule has 0 saturated heterocycles. The first kappa shape index (κ1) is 16.1. The van der Waals surface area contributed by atoms with E-state index in [1.165, 1.54) is 30.5 Å². The SMILES string of the molecule is NC(=O)COc1ccc(S(=O)(=O)Nc2ccccn2)cc1Cl. The first-order chi connectivity index (χ1) is 10.4. The number of primary amides is 1. The van der Waals surface area contributed by atoms with Gasteiger partial charge in [-0.25, -0.2) is 13.4 Å². The van der Waals surface area contributed by atoms with Crippen LogP contribution in [0.3, 0.4) is 0 Å². The fourth-order valence-corrected chi connectivity index (χ4v) is 2.87. The number of benzene rings is 1. The topological polar surface area (TPSA) is 111 Å². The minimum Gasteiger partial charge on any atom is -0.482 e. The van der Waals surface area contributed by atoms with Crippen LogP contribution in [0.1, 0.15) is 0 Å². The molecule has 0 spiro atoms. The summed E-state index contributed by atoms with van der Waals surface area (Å²) < 4.78 is 31.8. The molecule has 0 fully saturated rings. The third kappa shape index (κ3) is 4.09. The Morgan fingerprint density at radius 1 is 1.32 bits per heavy atom. The van der Waals surface area contributed by atoms with Crippen LogP contribution in [0.5, 0.6) is 5.75 Å². The highest BCUT2D eigenvalue weighted by atomic mass is 35.5. The first-order valence-corrected chi connectivity index (χ1v) is 7.89. The maximum atomic E-state index is 12.2. The van der Waals surface area contributed by atoms with E-state index in [9.17, 15) is 13.2 Å². The third-order valence-electron chi connectivity index (χ3n) is 2.49. The lowest BCUT2D eigenvalue weighted by atomic mass is 10.3. The van der Waals surface area contributed by atoms with Gasteiger partial charge in [-0.1, -0.05) is 17.7 Å². The second-order valence-corrected chi connectivity index (χ2v) is 6.26. The lowest BCUT2D eigenvalue weighted by Crippen LogP contribution is -2.20. The molecule has 0 aliphatic carbocycles. The summed E-state index contributed by atoms with van der Waals surface area (Å²) in [4.78, 5) is 14.5. The molecule has 1 heterocycles. The number of carbonyl (C=O) groups excluding carboxylic acids is 1. The van der Waals surface area contributed by atoms with Crippen LogP contribution in [-0.4, -0.2) is 25.9 Å². The second-order valence-electron chi connectivity index (χ2n) is 4.17. The Morgan fingerprint density at radius 3 is 2.68 bits per heavy atom. The van der Waals surface area contributed by atoms with Crippen LogP contribution in [0.2, 0.25) is 5.02 Å². The molecule has 3 N–H and O–H groups in total. The molecule has 1 aromatic carbocycles. The van der Waals surface area contributed by atoms with Crippen molar-refractivity contribution in [1.82, 2.24) is 4.98 Å². The van der Waals surface area contributed by atoms with Gasteiger partial charge in [0.25, 0.3) is 15.9 Å². The number of nitrogens with zero attached hydrogens (tertiary/aromatic N) is 1. The van der Waals surface area contributed by atoms with Gasteiger partial charge in [-0.15, -0.1) is 0 Å². The van der Waals surface area contributed by atoms with Gasteiger partial charge in [-0.2, -0.15) is 0 Å². The van der Waals surface area contributed by atoms with Crippen molar-refractivity contribution in [3.8, 4) is 5.75 Å². The fraction of sp³-hybridized carbons (Fsp3) is 0.0769. The summed E-state index contributed by atoms with van der Waals surface area (Å²) in [5.41, 5.74) is 4.96. The third-order valence-corrected chi connectivity index (χ3v) is 4.14. The second kappa shape index (κ2) is 6.63. The Labute approximate surface area is 132 Å². The minimum absolute atomic E-state index is 0.0464. The maximum absolute atomic E-state index is 12.2. The van der Waals surface area contributed by atoms with E-state index in [4.69, 9.17) is 22.1 Å². The molecule has 0 aliphatic rings. The molecule has 0 bridgehead atoms. The summed E-state index contributed by atoms with van der Waals surface area (Å²) >= 11 is 5.94. The number of carbonyl (C=O) groups is 1. The van der Waals surface area contributed by atoms with E-state index >= 15 is 0 Å². The molecule has 7 nitrogen and oxygen atoms in total. The Balaban J connectivity index is 2.21. The van der Waals surface area contributed by atoms with E-state index in [0.717, 1.165) is 0 Å². The van der Waals surface area contributed by atoms with Crippen molar-refractivity contribution in [2.45, 2.75) is 4.90 Å². The predicted octanol–water partition coefficient (Wildman–Crippen LogP) is 1.40. The van der Waals surface area contributed by atoms with Gasteiger partial charge in [-0.05, 0) is 30.3 Å². The van der Waals surface area contributed by atoms with Crippen LogP contribution in [0.25, 0.3) is 0 Å². The highest BCUT2D eigenvalue weighted by Crippen LogP contribution is 2.28. The van der Waals surface area contributed by atoms with Crippen LogP contribution in [0.4, 0.5) is 5.82 Å². The van der Waals surface area contributed by atoms with E-state index in [1.54, 1.807) is 12.1 Å². The zero-order chi connectivity index (χ0) is 16.2. The molecule has 22 heavy (non-hydrogen) atoms. The standard InChI is InChI=1S/C13H12ClN3O4S/c14-10-7-9(4-5-11(10)21-8-12(15)18)22(19,20)17-13-3-1-2-6-16-13/h1-7H,8H2,(H2,15,18)(H,16,17). The van der Waals surface area contributed by atoms with Crippen molar-refractivity contribution in [2.24, 2.45) is 5.73 Å². The molecule has 9 heteroatoms.